The van der Waals surface area contributed by atoms with Crippen molar-refractivity contribution in [1.82, 2.24) is 9.47 Å². The molecule has 0 unspecified atom stereocenters. The van der Waals surface area contributed by atoms with Crippen LogP contribution in [0.2, 0.25) is 0 Å². The second-order valence-corrected chi connectivity index (χ2v) is 7.99. The summed E-state index contributed by atoms with van der Waals surface area (Å²) in [6.07, 6.45) is 2.26. The number of hydrogen-bond acceptors (Lipinski definition) is 6. The van der Waals surface area contributed by atoms with Gasteiger partial charge in [-0.05, 0) is 38.1 Å². The molecular weight excluding hydrogens is 380 g/mol. The number of hydrogen-bond donors (Lipinski definition) is 3. The molecule has 30 heavy (non-hydrogen) atoms. The number of likely N-dealkylation sites (N-methyl/N-ethyl adjacent to an activating group) is 1. The molecule has 1 saturated heterocycles. The highest BCUT2D eigenvalue weighted by Crippen LogP contribution is 2.34. The van der Waals surface area contributed by atoms with E-state index in [1.54, 1.807) is 12.1 Å². The number of nitrogens with zero attached hydrogens (tertiary/aromatic N) is 3. The molecule has 2 heterocycles. The maximum absolute atomic E-state index is 13.3. The molecule has 0 saturated carbocycles. The quantitative estimate of drug-likeness (QED) is 0.427. The Balaban J connectivity index is 2.01. The van der Waals surface area contributed by atoms with Gasteiger partial charge in [0.25, 0.3) is 0 Å². The summed E-state index contributed by atoms with van der Waals surface area (Å²) in [5.41, 5.74) is 8.93. The van der Waals surface area contributed by atoms with Gasteiger partial charge < -0.3 is 30.3 Å². The zero-order valence-electron chi connectivity index (χ0n) is 17.7. The van der Waals surface area contributed by atoms with Gasteiger partial charge in [-0.15, -0.1) is 0 Å². The zero-order chi connectivity index (χ0) is 21.4. The third-order valence-corrected chi connectivity index (χ3v) is 6.26. The van der Waals surface area contributed by atoms with Crippen LogP contribution in [0.15, 0.2) is 29.1 Å². The first-order chi connectivity index (χ1) is 14.4. The Labute approximate surface area is 175 Å². The SMILES string of the molecule is CCN(CC)CCn1c2cc(N3CCCC3)c(N)cc2c(=O)c2c(O)cc(O)cc21. The summed E-state index contributed by atoms with van der Waals surface area (Å²) >= 11 is 0. The van der Waals surface area contributed by atoms with Gasteiger partial charge in [0.1, 0.15) is 11.5 Å². The molecule has 1 aliphatic heterocycles. The van der Waals surface area contributed by atoms with E-state index in [4.69, 9.17) is 5.73 Å². The number of phenols is 2. The van der Waals surface area contributed by atoms with Crippen LogP contribution < -0.4 is 16.1 Å². The maximum atomic E-state index is 13.3. The normalized spacial score (nSPS) is 14.4. The zero-order valence-corrected chi connectivity index (χ0v) is 17.7. The second kappa shape index (κ2) is 8.07. The van der Waals surface area contributed by atoms with Gasteiger partial charge in [0.2, 0.25) is 5.43 Å². The summed E-state index contributed by atoms with van der Waals surface area (Å²) in [5.74, 6) is -0.277. The monoisotopic (exact) mass is 410 g/mol. The molecule has 0 atom stereocenters. The fourth-order valence-corrected chi connectivity index (χ4v) is 4.56. The van der Waals surface area contributed by atoms with E-state index in [1.807, 2.05) is 10.6 Å². The van der Waals surface area contributed by atoms with Gasteiger partial charge in [0.05, 0.1) is 27.8 Å². The number of nitrogen functional groups attached to an aromatic ring is 1. The highest BCUT2D eigenvalue weighted by atomic mass is 16.3. The van der Waals surface area contributed by atoms with E-state index in [1.165, 1.54) is 6.07 Å². The molecule has 7 heteroatoms. The van der Waals surface area contributed by atoms with Crippen molar-refractivity contribution in [3.63, 3.8) is 0 Å². The summed E-state index contributed by atoms with van der Waals surface area (Å²) in [6, 6.07) is 6.52. The van der Waals surface area contributed by atoms with Crippen LogP contribution in [0, 0.1) is 0 Å². The molecule has 160 valence electrons. The lowest BCUT2D eigenvalue weighted by atomic mass is 10.1. The van der Waals surface area contributed by atoms with Gasteiger partial charge in [0, 0.05) is 43.7 Å². The topological polar surface area (TPSA) is 95.0 Å². The molecule has 0 spiro atoms. The molecule has 1 fully saturated rings. The Bertz CT molecular complexity index is 1150. The van der Waals surface area contributed by atoms with Crippen LogP contribution in [0.4, 0.5) is 11.4 Å². The van der Waals surface area contributed by atoms with Gasteiger partial charge in [-0.1, -0.05) is 13.8 Å². The van der Waals surface area contributed by atoms with E-state index in [0.29, 0.717) is 23.1 Å². The number of aromatic hydroxyl groups is 2. The van der Waals surface area contributed by atoms with Crippen LogP contribution in [-0.2, 0) is 6.54 Å². The van der Waals surface area contributed by atoms with Crippen molar-refractivity contribution < 1.29 is 10.2 Å². The minimum absolute atomic E-state index is 0.0643. The number of anilines is 2. The van der Waals surface area contributed by atoms with E-state index in [9.17, 15) is 15.0 Å². The molecule has 4 rings (SSSR count). The lowest BCUT2D eigenvalue weighted by molar-refractivity contribution is 0.293. The van der Waals surface area contributed by atoms with Gasteiger partial charge >= 0.3 is 0 Å². The Morgan fingerprint density at radius 2 is 1.73 bits per heavy atom. The predicted molar refractivity (Wildman–Crippen MR) is 123 cm³/mol. The minimum atomic E-state index is -0.267. The van der Waals surface area contributed by atoms with Crippen molar-refractivity contribution in [3.8, 4) is 11.5 Å². The summed E-state index contributed by atoms with van der Waals surface area (Å²) < 4.78 is 2.03. The molecule has 2 aromatic carbocycles. The van der Waals surface area contributed by atoms with Crippen molar-refractivity contribution in [2.45, 2.75) is 33.2 Å². The van der Waals surface area contributed by atoms with E-state index >= 15 is 0 Å². The molecule has 1 aromatic heterocycles. The van der Waals surface area contributed by atoms with Crippen LogP contribution in [0.1, 0.15) is 26.7 Å². The number of nitrogens with two attached hydrogens (primary N) is 1. The minimum Gasteiger partial charge on any atom is -0.508 e. The molecule has 0 amide bonds. The van der Waals surface area contributed by atoms with Crippen LogP contribution in [0.5, 0.6) is 11.5 Å². The molecular formula is C23H30N4O3. The average molecular weight is 411 g/mol. The summed E-state index contributed by atoms with van der Waals surface area (Å²) in [6.45, 7) is 9.41. The lowest BCUT2D eigenvalue weighted by Crippen LogP contribution is -2.28. The number of pyridine rings is 1. The maximum Gasteiger partial charge on any atom is 0.201 e. The molecule has 0 radical (unpaired) electrons. The van der Waals surface area contributed by atoms with Gasteiger partial charge in [-0.25, -0.2) is 0 Å². The largest absolute Gasteiger partial charge is 0.508 e. The Morgan fingerprint density at radius 3 is 2.40 bits per heavy atom. The third kappa shape index (κ3) is 3.43. The first-order valence-electron chi connectivity index (χ1n) is 10.7. The average Bonchev–Trinajstić information content (AvgIpc) is 3.24. The van der Waals surface area contributed by atoms with Crippen LogP contribution in [-0.4, -0.2) is 52.4 Å². The summed E-state index contributed by atoms with van der Waals surface area (Å²) in [5, 5.41) is 21.3. The molecule has 4 N–H and O–H groups in total. The molecule has 0 aliphatic carbocycles. The highest BCUT2D eigenvalue weighted by molar-refractivity contribution is 6.00. The Kier molecular flexibility index (Phi) is 5.47. The van der Waals surface area contributed by atoms with Crippen LogP contribution in [0.3, 0.4) is 0 Å². The van der Waals surface area contributed by atoms with E-state index in [0.717, 1.165) is 56.8 Å². The lowest BCUT2D eigenvalue weighted by Gasteiger charge is -2.24. The van der Waals surface area contributed by atoms with Gasteiger partial charge in [-0.3, -0.25) is 4.79 Å². The second-order valence-electron chi connectivity index (χ2n) is 7.99. The number of phenolic OH excluding ortho intramolecular Hbond substituents is 2. The number of aromatic nitrogens is 1. The van der Waals surface area contributed by atoms with Crippen molar-refractivity contribution >= 4 is 33.2 Å². The standard InChI is InChI=1S/C23H30N4O3/c1-3-25(4-2)9-10-27-18-14-19(26-7-5-6-8-26)17(24)13-16(18)23(30)22-20(27)11-15(28)12-21(22)29/h11-14,28-29H,3-10,24H2,1-2H3. The van der Waals surface area contributed by atoms with Crippen molar-refractivity contribution in [2.75, 3.05) is 43.4 Å². The first kappa shape index (κ1) is 20.3. The van der Waals surface area contributed by atoms with E-state index < -0.39 is 0 Å². The third-order valence-electron chi connectivity index (χ3n) is 6.26. The van der Waals surface area contributed by atoms with Crippen molar-refractivity contribution in [3.05, 3.63) is 34.5 Å². The molecule has 3 aromatic rings. The summed E-state index contributed by atoms with van der Waals surface area (Å²) in [7, 11) is 0. The van der Waals surface area contributed by atoms with E-state index in [-0.39, 0.29) is 22.3 Å². The van der Waals surface area contributed by atoms with Gasteiger partial charge in [-0.2, -0.15) is 0 Å². The van der Waals surface area contributed by atoms with Crippen LogP contribution >= 0.6 is 0 Å². The van der Waals surface area contributed by atoms with Crippen LogP contribution in [0.25, 0.3) is 21.8 Å². The molecule has 7 nitrogen and oxygen atoms in total. The van der Waals surface area contributed by atoms with E-state index in [2.05, 4.69) is 23.6 Å². The Morgan fingerprint density at radius 1 is 1.03 bits per heavy atom. The molecule has 1 aliphatic rings. The van der Waals surface area contributed by atoms with Crippen molar-refractivity contribution in [2.24, 2.45) is 0 Å². The fraction of sp³-hybridized carbons (Fsp3) is 0.435. The smallest absolute Gasteiger partial charge is 0.201 e. The Hall–Kier alpha value is -2.93. The van der Waals surface area contributed by atoms with Gasteiger partial charge in [0.15, 0.2) is 0 Å². The number of benzene rings is 2. The highest BCUT2D eigenvalue weighted by Gasteiger charge is 2.20. The summed E-state index contributed by atoms with van der Waals surface area (Å²) in [4.78, 5) is 17.8. The molecule has 0 bridgehead atoms. The number of fused-ring (bicyclic) bond motifs is 2. The predicted octanol–water partition coefficient (Wildman–Crippen LogP) is 3.09. The van der Waals surface area contributed by atoms with Crippen molar-refractivity contribution in [1.29, 1.82) is 0 Å². The first-order valence-corrected chi connectivity index (χ1v) is 10.7. The number of rotatable bonds is 6. The fourth-order valence-electron chi connectivity index (χ4n) is 4.56.